The summed E-state index contributed by atoms with van der Waals surface area (Å²) in [6.07, 6.45) is 5.18. The molecule has 1 saturated carbocycles. The average Bonchev–Trinajstić information content (AvgIpc) is 1.85. The van der Waals surface area contributed by atoms with Crippen molar-refractivity contribution in [2.24, 2.45) is 4.99 Å². The molecule has 1 aliphatic rings. The molecule has 0 aliphatic heterocycles. The second kappa shape index (κ2) is 3.35. The molecule has 0 saturated heterocycles. The molecule has 0 aromatic rings. The first kappa shape index (κ1) is 8.72. The molecule has 0 bridgehead atoms. The molecule has 0 aromatic heterocycles. The topological polar surface area (TPSA) is 32.6 Å². The maximum absolute atomic E-state index is 9.85. The molecule has 0 atom stereocenters. The van der Waals surface area contributed by atoms with Crippen LogP contribution in [0.5, 0.6) is 0 Å². The number of aliphatic hydroxyl groups is 1. The highest BCUT2D eigenvalue weighted by molar-refractivity contribution is 5.79. The van der Waals surface area contributed by atoms with Crippen LogP contribution in [-0.2, 0) is 0 Å². The van der Waals surface area contributed by atoms with Gasteiger partial charge in [0.2, 0.25) is 0 Å². The highest BCUT2D eigenvalue weighted by Crippen LogP contribution is 2.29. The van der Waals surface area contributed by atoms with E-state index in [0.29, 0.717) is 0 Å². The second-order valence-electron chi connectivity index (χ2n) is 3.60. The van der Waals surface area contributed by atoms with Gasteiger partial charge in [-0.1, -0.05) is 6.42 Å². The summed E-state index contributed by atoms with van der Waals surface area (Å²) in [5.74, 6) is 0. The van der Waals surface area contributed by atoms with Crippen molar-refractivity contribution in [1.82, 2.24) is 0 Å². The zero-order valence-electron chi connectivity index (χ0n) is 7.43. The minimum absolute atomic E-state index is 0.711. The van der Waals surface area contributed by atoms with Crippen LogP contribution in [-0.4, -0.2) is 16.5 Å². The van der Waals surface area contributed by atoms with Gasteiger partial charge in [-0.3, -0.25) is 4.99 Å². The number of hydrogen-bond donors (Lipinski definition) is 1. The zero-order chi connectivity index (χ0) is 8.32. The van der Waals surface area contributed by atoms with Crippen LogP contribution in [0.15, 0.2) is 4.99 Å². The van der Waals surface area contributed by atoms with Crippen molar-refractivity contribution in [2.45, 2.75) is 51.7 Å². The van der Waals surface area contributed by atoms with E-state index in [1.807, 2.05) is 13.8 Å². The predicted molar refractivity (Wildman–Crippen MR) is 46.8 cm³/mol. The van der Waals surface area contributed by atoms with E-state index in [-0.39, 0.29) is 0 Å². The molecule has 2 heteroatoms. The van der Waals surface area contributed by atoms with Crippen LogP contribution in [0.3, 0.4) is 0 Å². The van der Waals surface area contributed by atoms with Gasteiger partial charge in [-0.05, 0) is 39.5 Å². The van der Waals surface area contributed by atoms with E-state index in [1.54, 1.807) is 0 Å². The molecule has 0 unspecified atom stereocenters. The highest BCUT2D eigenvalue weighted by atomic mass is 16.3. The fraction of sp³-hybridized carbons (Fsp3) is 0.889. The summed E-state index contributed by atoms with van der Waals surface area (Å²) in [5, 5.41) is 9.85. The third-order valence-electron chi connectivity index (χ3n) is 2.09. The van der Waals surface area contributed by atoms with Gasteiger partial charge in [0.05, 0.1) is 0 Å². The smallest absolute Gasteiger partial charge is 0.155 e. The Kier molecular flexibility index (Phi) is 2.66. The Bertz CT molecular complexity index is 153. The third kappa shape index (κ3) is 2.62. The molecular formula is C9H17NO. The van der Waals surface area contributed by atoms with Crippen LogP contribution < -0.4 is 0 Å². The average molecular weight is 155 g/mol. The third-order valence-corrected chi connectivity index (χ3v) is 2.09. The maximum Gasteiger partial charge on any atom is 0.155 e. The Labute approximate surface area is 68.3 Å². The van der Waals surface area contributed by atoms with Gasteiger partial charge in [0, 0.05) is 5.71 Å². The number of rotatable bonds is 1. The van der Waals surface area contributed by atoms with Crippen molar-refractivity contribution in [3.63, 3.8) is 0 Å². The standard InChI is InChI=1S/C9H17NO/c1-8(2)10-9(11)6-4-3-5-7-9/h11H,3-7H2,1-2H3. The first-order chi connectivity index (χ1) is 5.12. The van der Waals surface area contributed by atoms with Crippen molar-refractivity contribution in [2.75, 3.05) is 0 Å². The van der Waals surface area contributed by atoms with E-state index in [0.717, 1.165) is 31.4 Å². The van der Waals surface area contributed by atoms with Gasteiger partial charge >= 0.3 is 0 Å². The molecule has 0 spiro atoms. The van der Waals surface area contributed by atoms with E-state index < -0.39 is 5.72 Å². The molecule has 0 heterocycles. The summed E-state index contributed by atoms with van der Waals surface area (Å²) in [5.41, 5.74) is 0.270. The van der Waals surface area contributed by atoms with Gasteiger partial charge in [0.15, 0.2) is 5.72 Å². The fourth-order valence-electron chi connectivity index (χ4n) is 1.65. The SMILES string of the molecule is CC(C)=NC1(O)CCCCC1. The van der Waals surface area contributed by atoms with Gasteiger partial charge in [0.25, 0.3) is 0 Å². The van der Waals surface area contributed by atoms with Gasteiger partial charge in [-0.25, -0.2) is 0 Å². The summed E-state index contributed by atoms with van der Waals surface area (Å²) < 4.78 is 0. The Morgan fingerprint density at radius 1 is 1.18 bits per heavy atom. The summed E-state index contributed by atoms with van der Waals surface area (Å²) in [6.45, 7) is 3.87. The minimum Gasteiger partial charge on any atom is -0.369 e. The Morgan fingerprint density at radius 3 is 2.18 bits per heavy atom. The molecule has 0 aromatic carbocycles. The molecular weight excluding hydrogens is 138 g/mol. The monoisotopic (exact) mass is 155 g/mol. The predicted octanol–water partition coefficient (Wildman–Crippen LogP) is 2.12. The normalized spacial score (nSPS) is 22.8. The summed E-state index contributed by atoms with van der Waals surface area (Å²) >= 11 is 0. The number of aliphatic imine (C=N–C) groups is 1. The summed E-state index contributed by atoms with van der Waals surface area (Å²) in [6, 6.07) is 0. The van der Waals surface area contributed by atoms with Gasteiger partial charge < -0.3 is 5.11 Å². The van der Waals surface area contributed by atoms with E-state index in [1.165, 1.54) is 6.42 Å². The largest absolute Gasteiger partial charge is 0.369 e. The summed E-state index contributed by atoms with van der Waals surface area (Å²) in [7, 11) is 0. The molecule has 0 radical (unpaired) electrons. The van der Waals surface area contributed by atoms with Crippen LogP contribution in [0.4, 0.5) is 0 Å². The molecule has 2 nitrogen and oxygen atoms in total. The lowest BCUT2D eigenvalue weighted by molar-refractivity contribution is 0.0129. The molecule has 64 valence electrons. The van der Waals surface area contributed by atoms with Gasteiger partial charge in [-0.15, -0.1) is 0 Å². The molecule has 1 fully saturated rings. The molecule has 0 amide bonds. The first-order valence-corrected chi connectivity index (χ1v) is 4.38. The molecule has 1 N–H and O–H groups in total. The van der Waals surface area contributed by atoms with E-state index >= 15 is 0 Å². The van der Waals surface area contributed by atoms with E-state index in [4.69, 9.17) is 0 Å². The second-order valence-corrected chi connectivity index (χ2v) is 3.60. The number of nitrogens with zero attached hydrogens (tertiary/aromatic N) is 1. The minimum atomic E-state index is -0.711. The van der Waals surface area contributed by atoms with Crippen molar-refractivity contribution in [1.29, 1.82) is 0 Å². The first-order valence-electron chi connectivity index (χ1n) is 4.38. The van der Waals surface area contributed by atoms with Crippen molar-refractivity contribution < 1.29 is 5.11 Å². The van der Waals surface area contributed by atoms with E-state index in [9.17, 15) is 5.11 Å². The van der Waals surface area contributed by atoms with Crippen LogP contribution in [0.25, 0.3) is 0 Å². The molecule has 11 heavy (non-hydrogen) atoms. The fourth-order valence-corrected chi connectivity index (χ4v) is 1.65. The molecule has 1 aliphatic carbocycles. The maximum atomic E-state index is 9.85. The van der Waals surface area contributed by atoms with Crippen molar-refractivity contribution >= 4 is 5.71 Å². The lowest BCUT2D eigenvalue weighted by atomic mass is 9.92. The van der Waals surface area contributed by atoms with Gasteiger partial charge in [-0.2, -0.15) is 0 Å². The Balaban J connectivity index is 2.57. The zero-order valence-corrected chi connectivity index (χ0v) is 7.43. The molecule has 1 rings (SSSR count). The van der Waals surface area contributed by atoms with Crippen molar-refractivity contribution in [3.8, 4) is 0 Å². The lowest BCUT2D eigenvalue weighted by Crippen LogP contribution is -2.29. The van der Waals surface area contributed by atoms with Crippen LogP contribution in [0.1, 0.15) is 46.0 Å². The van der Waals surface area contributed by atoms with Crippen molar-refractivity contribution in [3.05, 3.63) is 0 Å². The van der Waals surface area contributed by atoms with Crippen LogP contribution in [0, 0.1) is 0 Å². The summed E-state index contributed by atoms with van der Waals surface area (Å²) in [4.78, 5) is 4.24. The van der Waals surface area contributed by atoms with Crippen LogP contribution in [0.2, 0.25) is 0 Å². The van der Waals surface area contributed by atoms with E-state index in [2.05, 4.69) is 4.99 Å². The Morgan fingerprint density at radius 2 is 1.73 bits per heavy atom. The highest BCUT2D eigenvalue weighted by Gasteiger charge is 2.27. The van der Waals surface area contributed by atoms with Gasteiger partial charge in [0.1, 0.15) is 0 Å². The van der Waals surface area contributed by atoms with Crippen LogP contribution >= 0.6 is 0 Å². The lowest BCUT2D eigenvalue weighted by Gasteiger charge is -2.28. The Hall–Kier alpha value is -0.370. The quantitative estimate of drug-likeness (QED) is 0.578. The number of hydrogen-bond acceptors (Lipinski definition) is 2.